The number of benzene rings is 2. The van der Waals surface area contributed by atoms with Crippen LogP contribution in [-0.2, 0) is 11.3 Å². The molecule has 0 radical (unpaired) electrons. The molecule has 7 nitrogen and oxygen atoms in total. The molecule has 1 aliphatic rings. The number of carbonyl (C=O) groups is 1. The first kappa shape index (κ1) is 20.3. The first-order chi connectivity index (χ1) is 14.5. The molecule has 1 saturated heterocycles. The van der Waals surface area contributed by atoms with Gasteiger partial charge in [0.2, 0.25) is 5.91 Å². The Hall–Kier alpha value is -2.93. The lowest BCUT2D eigenvalue weighted by Crippen LogP contribution is -2.32. The Labute approximate surface area is 178 Å². The van der Waals surface area contributed by atoms with Crippen LogP contribution in [0.4, 0.5) is 0 Å². The van der Waals surface area contributed by atoms with Gasteiger partial charge in [-0.3, -0.25) is 9.36 Å². The van der Waals surface area contributed by atoms with Crippen molar-refractivity contribution in [1.82, 2.24) is 9.47 Å². The summed E-state index contributed by atoms with van der Waals surface area (Å²) in [7, 11) is 3.23. The first-order valence-electron chi connectivity index (χ1n) is 9.82. The zero-order valence-electron chi connectivity index (χ0n) is 16.9. The van der Waals surface area contributed by atoms with E-state index >= 15 is 0 Å². The zero-order chi connectivity index (χ0) is 21.3. The van der Waals surface area contributed by atoms with Gasteiger partial charge in [0.1, 0.15) is 11.5 Å². The molecule has 3 aromatic rings. The van der Waals surface area contributed by atoms with Crippen molar-refractivity contribution in [2.75, 3.05) is 20.8 Å². The number of halogens is 1. The van der Waals surface area contributed by atoms with Gasteiger partial charge in [-0.05, 0) is 43.2 Å². The van der Waals surface area contributed by atoms with Crippen molar-refractivity contribution in [3.8, 4) is 11.5 Å². The first-order valence-corrected chi connectivity index (χ1v) is 10.2. The van der Waals surface area contributed by atoms with Crippen LogP contribution in [0, 0.1) is 0 Å². The van der Waals surface area contributed by atoms with Gasteiger partial charge >= 0.3 is 5.76 Å². The molecule has 2 heterocycles. The Morgan fingerprint density at radius 1 is 1.20 bits per heavy atom. The highest BCUT2D eigenvalue weighted by Crippen LogP contribution is 2.39. The minimum Gasteiger partial charge on any atom is -0.497 e. The van der Waals surface area contributed by atoms with E-state index in [-0.39, 0.29) is 24.9 Å². The summed E-state index contributed by atoms with van der Waals surface area (Å²) >= 11 is 5.96. The van der Waals surface area contributed by atoms with E-state index in [1.165, 1.54) is 4.57 Å². The van der Waals surface area contributed by atoms with Crippen LogP contribution in [0.3, 0.4) is 0 Å². The molecule has 0 spiro atoms. The molecule has 4 rings (SSSR count). The Kier molecular flexibility index (Phi) is 5.72. The van der Waals surface area contributed by atoms with Crippen molar-refractivity contribution in [3.05, 3.63) is 57.5 Å². The number of carbonyl (C=O) groups excluding carboxylic acids is 1. The summed E-state index contributed by atoms with van der Waals surface area (Å²) in [4.78, 5) is 27.2. The molecular weight excluding hydrogens is 408 g/mol. The maximum absolute atomic E-state index is 13.1. The smallest absolute Gasteiger partial charge is 0.419 e. The Morgan fingerprint density at radius 2 is 2.03 bits per heavy atom. The lowest BCUT2D eigenvalue weighted by Gasteiger charge is -2.27. The third-order valence-electron chi connectivity index (χ3n) is 5.55. The van der Waals surface area contributed by atoms with Crippen LogP contribution in [0.1, 0.15) is 30.9 Å². The molecule has 1 aromatic heterocycles. The third kappa shape index (κ3) is 3.77. The number of oxazole rings is 1. The summed E-state index contributed by atoms with van der Waals surface area (Å²) in [5, 5.41) is 0.492. The molecule has 1 aliphatic heterocycles. The lowest BCUT2D eigenvalue weighted by atomic mass is 10.0. The van der Waals surface area contributed by atoms with Crippen molar-refractivity contribution >= 4 is 28.6 Å². The molecule has 1 amide bonds. The average molecular weight is 431 g/mol. The second-order valence-electron chi connectivity index (χ2n) is 7.23. The fraction of sp³-hybridized carbons (Fsp3) is 0.364. The quantitative estimate of drug-likeness (QED) is 0.590. The number of methoxy groups -OCH3 is 2. The molecule has 0 N–H and O–H groups in total. The molecule has 1 unspecified atom stereocenters. The van der Waals surface area contributed by atoms with Gasteiger partial charge in [0.05, 0.1) is 25.8 Å². The van der Waals surface area contributed by atoms with Crippen LogP contribution >= 0.6 is 11.6 Å². The van der Waals surface area contributed by atoms with Gasteiger partial charge in [0.25, 0.3) is 0 Å². The minimum absolute atomic E-state index is 0.0161. The summed E-state index contributed by atoms with van der Waals surface area (Å²) in [6.07, 6.45) is 1.95. The van der Waals surface area contributed by atoms with Crippen molar-refractivity contribution < 1.29 is 18.7 Å². The van der Waals surface area contributed by atoms with Gasteiger partial charge in [-0.15, -0.1) is 0 Å². The number of amides is 1. The number of hydrogen-bond donors (Lipinski definition) is 0. The van der Waals surface area contributed by atoms with Crippen LogP contribution in [0.25, 0.3) is 11.1 Å². The molecule has 0 aliphatic carbocycles. The molecule has 2 aromatic carbocycles. The Morgan fingerprint density at radius 3 is 2.80 bits per heavy atom. The largest absolute Gasteiger partial charge is 0.497 e. The number of aromatic nitrogens is 1. The summed E-state index contributed by atoms with van der Waals surface area (Å²) in [5.41, 5.74) is 1.98. The Balaban J connectivity index is 1.54. The maximum Gasteiger partial charge on any atom is 0.419 e. The monoisotopic (exact) mass is 430 g/mol. The minimum atomic E-state index is -0.493. The number of aryl methyl sites for hydroxylation is 1. The third-order valence-corrected chi connectivity index (χ3v) is 5.78. The van der Waals surface area contributed by atoms with E-state index in [2.05, 4.69) is 0 Å². The lowest BCUT2D eigenvalue weighted by molar-refractivity contribution is -0.132. The van der Waals surface area contributed by atoms with E-state index in [9.17, 15) is 9.59 Å². The predicted molar refractivity (Wildman–Crippen MR) is 113 cm³/mol. The maximum atomic E-state index is 13.1. The zero-order valence-corrected chi connectivity index (χ0v) is 17.6. The van der Waals surface area contributed by atoms with Crippen molar-refractivity contribution in [3.63, 3.8) is 0 Å². The number of hydrogen-bond acceptors (Lipinski definition) is 5. The summed E-state index contributed by atoms with van der Waals surface area (Å²) in [5.74, 6) is 0.944. The molecule has 1 atom stereocenters. The van der Waals surface area contributed by atoms with E-state index in [1.54, 1.807) is 32.4 Å². The fourth-order valence-electron chi connectivity index (χ4n) is 4.09. The van der Waals surface area contributed by atoms with Crippen LogP contribution in [0.2, 0.25) is 5.02 Å². The summed E-state index contributed by atoms with van der Waals surface area (Å²) in [6.45, 7) is 0.908. The van der Waals surface area contributed by atoms with Crippen LogP contribution < -0.4 is 15.2 Å². The van der Waals surface area contributed by atoms with E-state index in [0.717, 1.165) is 29.9 Å². The van der Waals surface area contributed by atoms with Crippen LogP contribution in [0.15, 0.2) is 45.6 Å². The number of likely N-dealkylation sites (tertiary alicyclic amines) is 1. The van der Waals surface area contributed by atoms with Gasteiger partial charge in [-0.1, -0.05) is 11.6 Å². The second kappa shape index (κ2) is 8.44. The van der Waals surface area contributed by atoms with Gasteiger partial charge < -0.3 is 18.8 Å². The molecular formula is C22H23ClN2O5. The molecule has 30 heavy (non-hydrogen) atoms. The van der Waals surface area contributed by atoms with Crippen LogP contribution in [0.5, 0.6) is 11.5 Å². The number of rotatable bonds is 6. The molecule has 0 saturated carbocycles. The predicted octanol–water partition coefficient (Wildman–Crippen LogP) is 4.02. The van der Waals surface area contributed by atoms with E-state index in [4.69, 9.17) is 25.5 Å². The average Bonchev–Trinajstić information content (AvgIpc) is 3.35. The number of ether oxygens (including phenoxy) is 2. The molecule has 0 bridgehead atoms. The highest BCUT2D eigenvalue weighted by molar-refractivity contribution is 6.31. The number of nitrogens with zero attached hydrogens (tertiary/aromatic N) is 2. The second-order valence-corrected chi connectivity index (χ2v) is 7.67. The molecule has 8 heteroatoms. The molecule has 1 fully saturated rings. The van der Waals surface area contributed by atoms with Crippen molar-refractivity contribution in [1.29, 1.82) is 0 Å². The van der Waals surface area contributed by atoms with E-state index in [0.29, 0.717) is 22.7 Å². The van der Waals surface area contributed by atoms with Crippen molar-refractivity contribution in [2.45, 2.75) is 31.8 Å². The summed E-state index contributed by atoms with van der Waals surface area (Å²) in [6, 6.07) is 10.6. The summed E-state index contributed by atoms with van der Waals surface area (Å²) < 4.78 is 17.6. The highest BCUT2D eigenvalue weighted by Gasteiger charge is 2.32. The standard InChI is InChI=1S/C22H23ClN2O5/c1-28-15-6-8-19(29-2)16(13-15)17-4-3-10-24(17)21(26)9-11-25-18-7-5-14(23)12-20(18)30-22(25)27/h5-8,12-13,17H,3-4,9-11H2,1-2H3. The van der Waals surface area contributed by atoms with Crippen molar-refractivity contribution in [2.24, 2.45) is 0 Å². The van der Waals surface area contributed by atoms with Crippen LogP contribution in [-0.4, -0.2) is 36.1 Å². The number of fused-ring (bicyclic) bond motifs is 1. The van der Waals surface area contributed by atoms with E-state index in [1.807, 2.05) is 23.1 Å². The fourth-order valence-corrected chi connectivity index (χ4v) is 4.25. The van der Waals surface area contributed by atoms with Gasteiger partial charge in [0.15, 0.2) is 5.58 Å². The van der Waals surface area contributed by atoms with Gasteiger partial charge in [0, 0.05) is 36.2 Å². The SMILES string of the molecule is COc1ccc(OC)c(C2CCCN2C(=O)CCn2c(=O)oc3cc(Cl)ccc32)c1. The molecule has 158 valence electrons. The van der Waals surface area contributed by atoms with Gasteiger partial charge in [-0.25, -0.2) is 4.79 Å². The Bertz CT molecular complexity index is 1140. The normalized spacial score (nSPS) is 16.2. The highest BCUT2D eigenvalue weighted by atomic mass is 35.5. The van der Waals surface area contributed by atoms with E-state index < -0.39 is 5.76 Å². The topological polar surface area (TPSA) is 73.9 Å². The van der Waals surface area contributed by atoms with Gasteiger partial charge in [-0.2, -0.15) is 0 Å².